The van der Waals surface area contributed by atoms with Gasteiger partial charge in [-0.2, -0.15) is 0 Å². The summed E-state index contributed by atoms with van der Waals surface area (Å²) in [5.74, 6) is 0.773. The highest BCUT2D eigenvalue weighted by Crippen LogP contribution is 2.42. The van der Waals surface area contributed by atoms with Crippen molar-refractivity contribution >= 4 is 0 Å². The summed E-state index contributed by atoms with van der Waals surface area (Å²) in [5.41, 5.74) is 0.471. The summed E-state index contributed by atoms with van der Waals surface area (Å²) < 4.78 is 5.83. The van der Waals surface area contributed by atoms with Crippen molar-refractivity contribution in [2.45, 2.75) is 72.3 Å². The molecule has 0 heterocycles. The predicted octanol–water partition coefficient (Wildman–Crippen LogP) is 4.00. The maximum Gasteiger partial charge on any atom is 0.0622 e. The standard InChI is InChI=1S/C16H33NO/c1-5-11-17-15(13-18-12-6-2)14-9-7-8-10-16(14,3)4/h14-15,17H,5-13H2,1-4H3. The van der Waals surface area contributed by atoms with Gasteiger partial charge in [0.2, 0.25) is 0 Å². The van der Waals surface area contributed by atoms with Crippen molar-refractivity contribution in [3.8, 4) is 0 Å². The van der Waals surface area contributed by atoms with E-state index in [2.05, 4.69) is 33.0 Å². The predicted molar refractivity (Wildman–Crippen MR) is 78.9 cm³/mol. The van der Waals surface area contributed by atoms with Crippen molar-refractivity contribution in [2.75, 3.05) is 19.8 Å². The van der Waals surface area contributed by atoms with Crippen molar-refractivity contribution in [1.82, 2.24) is 5.32 Å². The zero-order valence-electron chi connectivity index (χ0n) is 12.9. The first-order valence-electron chi connectivity index (χ1n) is 7.93. The molecule has 0 radical (unpaired) electrons. The van der Waals surface area contributed by atoms with Crippen LogP contribution in [0.15, 0.2) is 0 Å². The summed E-state index contributed by atoms with van der Waals surface area (Å²) in [5, 5.41) is 3.73. The lowest BCUT2D eigenvalue weighted by atomic mass is 9.66. The summed E-state index contributed by atoms with van der Waals surface area (Å²) in [6.07, 6.45) is 7.86. The minimum Gasteiger partial charge on any atom is -0.380 e. The molecule has 1 N–H and O–H groups in total. The Balaban J connectivity index is 2.55. The third-order valence-corrected chi connectivity index (χ3v) is 4.38. The quantitative estimate of drug-likeness (QED) is 0.662. The molecule has 1 fully saturated rings. The maximum atomic E-state index is 5.83. The largest absolute Gasteiger partial charge is 0.380 e. The van der Waals surface area contributed by atoms with Crippen LogP contribution in [0.4, 0.5) is 0 Å². The Bertz CT molecular complexity index is 215. The van der Waals surface area contributed by atoms with Gasteiger partial charge in [-0.3, -0.25) is 0 Å². The molecule has 108 valence electrons. The SMILES string of the molecule is CCCNC(COCCC)C1CCCCC1(C)C. The second kappa shape index (κ2) is 8.16. The fourth-order valence-electron chi connectivity index (χ4n) is 3.27. The molecule has 0 amide bonds. The van der Waals surface area contributed by atoms with E-state index in [0.717, 1.165) is 32.1 Å². The van der Waals surface area contributed by atoms with Crippen LogP contribution >= 0.6 is 0 Å². The first kappa shape index (κ1) is 16.0. The molecular weight excluding hydrogens is 222 g/mol. The highest BCUT2D eigenvalue weighted by atomic mass is 16.5. The first-order valence-corrected chi connectivity index (χ1v) is 7.93. The van der Waals surface area contributed by atoms with Gasteiger partial charge >= 0.3 is 0 Å². The van der Waals surface area contributed by atoms with E-state index in [1.807, 2.05) is 0 Å². The van der Waals surface area contributed by atoms with Gasteiger partial charge in [0.1, 0.15) is 0 Å². The van der Waals surface area contributed by atoms with E-state index in [-0.39, 0.29) is 0 Å². The van der Waals surface area contributed by atoms with Crippen molar-refractivity contribution in [3.05, 3.63) is 0 Å². The van der Waals surface area contributed by atoms with E-state index in [1.165, 1.54) is 32.1 Å². The van der Waals surface area contributed by atoms with Crippen molar-refractivity contribution in [1.29, 1.82) is 0 Å². The third kappa shape index (κ3) is 4.89. The molecule has 0 aromatic heterocycles. The molecule has 1 rings (SSSR count). The topological polar surface area (TPSA) is 21.3 Å². The Morgan fingerprint density at radius 3 is 2.61 bits per heavy atom. The van der Waals surface area contributed by atoms with Gasteiger partial charge in [-0.15, -0.1) is 0 Å². The summed E-state index contributed by atoms with van der Waals surface area (Å²) in [4.78, 5) is 0. The summed E-state index contributed by atoms with van der Waals surface area (Å²) in [6, 6.07) is 0.548. The van der Waals surface area contributed by atoms with Crippen LogP contribution in [0, 0.1) is 11.3 Å². The molecule has 0 bridgehead atoms. The monoisotopic (exact) mass is 255 g/mol. The zero-order chi connectivity index (χ0) is 13.4. The molecule has 2 nitrogen and oxygen atoms in total. The Hall–Kier alpha value is -0.0800. The Kier molecular flexibility index (Phi) is 7.25. The van der Waals surface area contributed by atoms with E-state index in [4.69, 9.17) is 4.74 Å². The van der Waals surface area contributed by atoms with Gasteiger partial charge in [-0.1, -0.05) is 40.5 Å². The van der Waals surface area contributed by atoms with Gasteiger partial charge in [0.25, 0.3) is 0 Å². The number of ether oxygens (including phenoxy) is 1. The van der Waals surface area contributed by atoms with Crippen LogP contribution in [0.2, 0.25) is 0 Å². The number of rotatable bonds is 8. The number of hydrogen-bond acceptors (Lipinski definition) is 2. The van der Waals surface area contributed by atoms with Crippen LogP contribution in [-0.4, -0.2) is 25.8 Å². The second-order valence-electron chi connectivity index (χ2n) is 6.48. The second-order valence-corrected chi connectivity index (χ2v) is 6.48. The van der Waals surface area contributed by atoms with Crippen LogP contribution < -0.4 is 5.32 Å². The van der Waals surface area contributed by atoms with E-state index in [1.54, 1.807) is 0 Å². The molecular formula is C16H33NO. The average Bonchev–Trinajstić information content (AvgIpc) is 2.34. The molecule has 0 spiro atoms. The Labute approximate surface area is 114 Å². The first-order chi connectivity index (χ1) is 8.61. The smallest absolute Gasteiger partial charge is 0.0622 e. The third-order valence-electron chi connectivity index (χ3n) is 4.38. The van der Waals surface area contributed by atoms with E-state index < -0.39 is 0 Å². The molecule has 1 aliphatic carbocycles. The van der Waals surface area contributed by atoms with Crippen LogP contribution in [-0.2, 0) is 4.74 Å². The normalized spacial score (nSPS) is 25.0. The lowest BCUT2D eigenvalue weighted by molar-refractivity contribution is 0.0365. The molecule has 0 aromatic rings. The van der Waals surface area contributed by atoms with E-state index >= 15 is 0 Å². The van der Waals surface area contributed by atoms with Crippen molar-refractivity contribution in [3.63, 3.8) is 0 Å². The van der Waals surface area contributed by atoms with Crippen molar-refractivity contribution < 1.29 is 4.74 Å². The van der Waals surface area contributed by atoms with Gasteiger partial charge in [0.15, 0.2) is 0 Å². The Morgan fingerprint density at radius 1 is 1.22 bits per heavy atom. The fraction of sp³-hybridized carbons (Fsp3) is 1.00. The lowest BCUT2D eigenvalue weighted by Gasteiger charge is -2.43. The zero-order valence-corrected chi connectivity index (χ0v) is 12.9. The van der Waals surface area contributed by atoms with Crippen LogP contribution in [0.25, 0.3) is 0 Å². The molecule has 2 unspecified atom stereocenters. The molecule has 1 aliphatic rings. The van der Waals surface area contributed by atoms with Gasteiger partial charge < -0.3 is 10.1 Å². The number of nitrogens with one attached hydrogen (secondary N) is 1. The molecule has 0 saturated heterocycles. The molecule has 0 aromatic carbocycles. The van der Waals surface area contributed by atoms with Gasteiger partial charge in [-0.05, 0) is 43.6 Å². The van der Waals surface area contributed by atoms with Crippen LogP contribution in [0.1, 0.15) is 66.2 Å². The summed E-state index contributed by atoms with van der Waals surface area (Å²) >= 11 is 0. The van der Waals surface area contributed by atoms with E-state index in [0.29, 0.717) is 11.5 Å². The molecule has 0 aliphatic heterocycles. The molecule has 2 heteroatoms. The maximum absolute atomic E-state index is 5.83. The highest BCUT2D eigenvalue weighted by molar-refractivity contribution is 4.90. The number of hydrogen-bond donors (Lipinski definition) is 1. The van der Waals surface area contributed by atoms with E-state index in [9.17, 15) is 0 Å². The van der Waals surface area contributed by atoms with Gasteiger partial charge in [-0.25, -0.2) is 0 Å². The van der Waals surface area contributed by atoms with Gasteiger partial charge in [0.05, 0.1) is 6.61 Å². The highest BCUT2D eigenvalue weighted by Gasteiger charge is 2.37. The molecule has 2 atom stereocenters. The van der Waals surface area contributed by atoms with Gasteiger partial charge in [0, 0.05) is 12.6 Å². The van der Waals surface area contributed by atoms with Crippen LogP contribution in [0.3, 0.4) is 0 Å². The Morgan fingerprint density at radius 2 is 2.00 bits per heavy atom. The summed E-state index contributed by atoms with van der Waals surface area (Å²) in [7, 11) is 0. The van der Waals surface area contributed by atoms with Crippen molar-refractivity contribution in [2.24, 2.45) is 11.3 Å². The minimum absolute atomic E-state index is 0.471. The average molecular weight is 255 g/mol. The fourth-order valence-corrected chi connectivity index (χ4v) is 3.27. The molecule has 18 heavy (non-hydrogen) atoms. The minimum atomic E-state index is 0.471. The summed E-state index contributed by atoms with van der Waals surface area (Å²) in [6.45, 7) is 12.2. The van der Waals surface area contributed by atoms with Crippen LogP contribution in [0.5, 0.6) is 0 Å². The lowest BCUT2D eigenvalue weighted by Crippen LogP contribution is -2.47. The molecule has 1 saturated carbocycles.